The maximum absolute atomic E-state index is 12.2. The molecule has 4 nitrogen and oxygen atoms in total. The van der Waals surface area contributed by atoms with Gasteiger partial charge < -0.3 is 5.32 Å². The van der Waals surface area contributed by atoms with Gasteiger partial charge in [0.05, 0.1) is 11.2 Å². The highest BCUT2D eigenvalue weighted by molar-refractivity contribution is 6.32. The van der Waals surface area contributed by atoms with Crippen molar-refractivity contribution in [2.24, 2.45) is 0 Å². The predicted molar refractivity (Wildman–Crippen MR) is 85.7 cm³/mol. The zero-order valence-corrected chi connectivity index (χ0v) is 12.5. The number of anilines is 1. The van der Waals surface area contributed by atoms with Gasteiger partial charge in [-0.05, 0) is 11.5 Å². The number of aromatic nitrogens is 2. The van der Waals surface area contributed by atoms with Crippen LogP contribution in [-0.2, 0) is 6.54 Å². The lowest BCUT2D eigenvalue weighted by Crippen LogP contribution is -2.27. The molecule has 0 spiro atoms. The van der Waals surface area contributed by atoms with E-state index in [1.807, 2.05) is 18.2 Å². The van der Waals surface area contributed by atoms with Gasteiger partial charge in [-0.15, -0.1) is 6.42 Å². The molecule has 21 heavy (non-hydrogen) atoms. The second-order valence-electron chi connectivity index (χ2n) is 4.73. The first kappa shape index (κ1) is 15.1. The van der Waals surface area contributed by atoms with E-state index < -0.39 is 0 Å². The van der Waals surface area contributed by atoms with E-state index in [9.17, 15) is 4.79 Å². The summed E-state index contributed by atoms with van der Waals surface area (Å²) in [5.41, 5.74) is 1.23. The minimum absolute atomic E-state index is 0.124. The topological polar surface area (TPSA) is 46.9 Å². The van der Waals surface area contributed by atoms with Gasteiger partial charge in [0.1, 0.15) is 12.2 Å². The van der Waals surface area contributed by atoms with Crippen molar-refractivity contribution < 1.29 is 0 Å². The lowest BCUT2D eigenvalue weighted by molar-refractivity contribution is 0.663. The third kappa shape index (κ3) is 3.65. The summed E-state index contributed by atoms with van der Waals surface area (Å²) < 4.78 is 1.21. The zero-order valence-electron chi connectivity index (χ0n) is 11.7. The van der Waals surface area contributed by atoms with Crippen LogP contribution in [0.1, 0.15) is 18.4 Å². The lowest BCUT2D eigenvalue weighted by atomic mass is 10.0. The third-order valence-corrected chi connectivity index (χ3v) is 3.48. The van der Waals surface area contributed by atoms with Crippen LogP contribution in [0.4, 0.5) is 5.69 Å². The van der Waals surface area contributed by atoms with Crippen molar-refractivity contribution in [1.82, 2.24) is 9.78 Å². The number of hydrogen-bond donors (Lipinski definition) is 1. The van der Waals surface area contributed by atoms with Gasteiger partial charge >= 0.3 is 0 Å². The van der Waals surface area contributed by atoms with Crippen LogP contribution >= 0.6 is 11.6 Å². The van der Waals surface area contributed by atoms with Crippen molar-refractivity contribution in [1.29, 1.82) is 0 Å². The van der Waals surface area contributed by atoms with Gasteiger partial charge in [0, 0.05) is 6.54 Å². The molecule has 0 aliphatic rings. The number of benzene rings is 1. The van der Waals surface area contributed by atoms with Gasteiger partial charge in [-0.1, -0.05) is 54.8 Å². The van der Waals surface area contributed by atoms with Crippen molar-refractivity contribution in [3.63, 3.8) is 0 Å². The molecule has 0 saturated heterocycles. The molecule has 0 saturated carbocycles. The Morgan fingerprint density at radius 2 is 2.14 bits per heavy atom. The Morgan fingerprint density at radius 1 is 1.43 bits per heavy atom. The summed E-state index contributed by atoms with van der Waals surface area (Å²) in [5.74, 6) is 2.64. The van der Waals surface area contributed by atoms with E-state index in [1.54, 1.807) is 0 Å². The number of nitrogens with zero attached hydrogens (tertiary/aromatic N) is 2. The standard InChI is InChI=1S/C16H16ClN3O/c1-3-9-20-16(21)15(14(17)11-19-20)18-10-12(2)13-7-5-4-6-8-13/h1,4-8,11-12,18H,9-10H2,2H3. The lowest BCUT2D eigenvalue weighted by Gasteiger charge is -2.15. The molecule has 1 heterocycles. The fraction of sp³-hybridized carbons (Fsp3) is 0.250. The first-order chi connectivity index (χ1) is 10.1. The molecule has 5 heteroatoms. The normalized spacial score (nSPS) is 11.7. The molecule has 0 aliphatic heterocycles. The molecular formula is C16H16ClN3O. The van der Waals surface area contributed by atoms with Crippen LogP contribution in [0, 0.1) is 12.3 Å². The molecule has 0 radical (unpaired) electrons. The van der Waals surface area contributed by atoms with Gasteiger partial charge in [0.15, 0.2) is 0 Å². The molecule has 1 N–H and O–H groups in total. The van der Waals surface area contributed by atoms with E-state index >= 15 is 0 Å². The summed E-state index contributed by atoms with van der Waals surface area (Å²) in [6, 6.07) is 10.1. The van der Waals surface area contributed by atoms with Crippen LogP contribution in [-0.4, -0.2) is 16.3 Å². The Hall–Kier alpha value is -2.25. The molecule has 1 aromatic carbocycles. The maximum atomic E-state index is 12.2. The number of nitrogens with one attached hydrogen (secondary N) is 1. The minimum atomic E-state index is -0.305. The summed E-state index contributed by atoms with van der Waals surface area (Å²) in [6.45, 7) is 2.80. The van der Waals surface area contributed by atoms with Gasteiger partial charge in [0.25, 0.3) is 5.56 Å². The van der Waals surface area contributed by atoms with Gasteiger partial charge in [0.2, 0.25) is 0 Å². The molecule has 0 bridgehead atoms. The van der Waals surface area contributed by atoms with Crippen LogP contribution in [0.15, 0.2) is 41.3 Å². The van der Waals surface area contributed by atoms with Crippen LogP contribution in [0.5, 0.6) is 0 Å². The van der Waals surface area contributed by atoms with Crippen LogP contribution in [0.25, 0.3) is 0 Å². The number of terminal acetylenes is 1. The number of rotatable bonds is 5. The Bertz CT molecular complexity index is 704. The van der Waals surface area contributed by atoms with Crippen molar-refractivity contribution in [3.05, 3.63) is 57.5 Å². The molecule has 108 valence electrons. The van der Waals surface area contributed by atoms with E-state index in [0.29, 0.717) is 17.3 Å². The molecule has 1 atom stereocenters. The fourth-order valence-corrected chi connectivity index (χ4v) is 2.17. The summed E-state index contributed by atoms with van der Waals surface area (Å²) in [5, 5.41) is 7.31. The quantitative estimate of drug-likeness (QED) is 0.864. The third-order valence-electron chi connectivity index (χ3n) is 3.19. The van der Waals surface area contributed by atoms with Crippen molar-refractivity contribution in [2.75, 3.05) is 11.9 Å². The SMILES string of the molecule is C#CCn1ncc(Cl)c(NCC(C)c2ccccc2)c1=O. The van der Waals surface area contributed by atoms with Gasteiger partial charge in [-0.3, -0.25) is 4.79 Å². The summed E-state index contributed by atoms with van der Waals surface area (Å²) in [6.07, 6.45) is 6.64. The Balaban J connectivity index is 2.15. The first-order valence-electron chi connectivity index (χ1n) is 6.61. The summed E-state index contributed by atoms with van der Waals surface area (Å²) in [4.78, 5) is 12.2. The van der Waals surface area contributed by atoms with E-state index in [-0.39, 0.29) is 18.0 Å². The van der Waals surface area contributed by atoms with Crippen LogP contribution < -0.4 is 10.9 Å². The number of hydrogen-bond acceptors (Lipinski definition) is 3. The van der Waals surface area contributed by atoms with Crippen molar-refractivity contribution in [2.45, 2.75) is 19.4 Å². The van der Waals surface area contributed by atoms with Crippen LogP contribution in [0.2, 0.25) is 5.02 Å². The highest BCUT2D eigenvalue weighted by Crippen LogP contribution is 2.19. The molecular weight excluding hydrogens is 286 g/mol. The van der Waals surface area contributed by atoms with Crippen LogP contribution in [0.3, 0.4) is 0 Å². The molecule has 0 fully saturated rings. The average Bonchev–Trinajstić information content (AvgIpc) is 2.51. The Labute approximate surface area is 128 Å². The predicted octanol–water partition coefficient (Wildman–Crippen LogP) is 2.75. The highest BCUT2D eigenvalue weighted by Gasteiger charge is 2.11. The fourth-order valence-electron chi connectivity index (χ4n) is 1.98. The molecule has 1 unspecified atom stereocenters. The average molecular weight is 302 g/mol. The smallest absolute Gasteiger partial charge is 0.292 e. The second-order valence-corrected chi connectivity index (χ2v) is 5.13. The maximum Gasteiger partial charge on any atom is 0.292 e. The van der Waals surface area contributed by atoms with Gasteiger partial charge in [-0.25, -0.2) is 4.68 Å². The molecule has 0 aliphatic carbocycles. The van der Waals surface area contributed by atoms with Crippen molar-refractivity contribution in [3.8, 4) is 12.3 Å². The first-order valence-corrected chi connectivity index (χ1v) is 6.99. The van der Waals surface area contributed by atoms with E-state index in [4.69, 9.17) is 18.0 Å². The van der Waals surface area contributed by atoms with E-state index in [0.717, 1.165) is 0 Å². The monoisotopic (exact) mass is 301 g/mol. The Kier molecular flexibility index (Phi) is 5.02. The molecule has 2 aromatic rings. The second kappa shape index (κ2) is 6.96. The largest absolute Gasteiger partial charge is 0.379 e. The van der Waals surface area contributed by atoms with E-state index in [2.05, 4.69) is 35.4 Å². The van der Waals surface area contributed by atoms with Crippen molar-refractivity contribution >= 4 is 17.3 Å². The molecule has 1 aromatic heterocycles. The highest BCUT2D eigenvalue weighted by atomic mass is 35.5. The summed E-state index contributed by atoms with van der Waals surface area (Å²) >= 11 is 6.04. The Morgan fingerprint density at radius 3 is 2.81 bits per heavy atom. The van der Waals surface area contributed by atoms with E-state index in [1.165, 1.54) is 16.4 Å². The zero-order chi connectivity index (χ0) is 15.2. The summed E-state index contributed by atoms with van der Waals surface area (Å²) in [7, 11) is 0. The molecule has 0 amide bonds. The van der Waals surface area contributed by atoms with Gasteiger partial charge in [-0.2, -0.15) is 5.10 Å². The minimum Gasteiger partial charge on any atom is -0.379 e. The molecule has 2 rings (SSSR count). The number of halogens is 1.